The predicted octanol–water partition coefficient (Wildman–Crippen LogP) is 5.92. The summed E-state index contributed by atoms with van der Waals surface area (Å²) in [5.41, 5.74) is 0.138. The highest BCUT2D eigenvalue weighted by molar-refractivity contribution is 7.92. The van der Waals surface area contributed by atoms with Crippen LogP contribution in [0.25, 0.3) is 0 Å². The molecule has 2 amide bonds. The van der Waals surface area contributed by atoms with Crippen molar-refractivity contribution >= 4 is 50.7 Å². The van der Waals surface area contributed by atoms with E-state index >= 15 is 0 Å². The zero-order valence-electron chi connectivity index (χ0n) is 23.7. The molecule has 0 aliphatic carbocycles. The summed E-state index contributed by atoms with van der Waals surface area (Å²) in [6.45, 7) is 8.65. The normalized spacial score (nSPS) is 12.4. The van der Waals surface area contributed by atoms with Crippen molar-refractivity contribution in [1.82, 2.24) is 10.2 Å². The largest absolute Gasteiger partial charge is 0.494 e. The minimum atomic E-state index is -4.18. The highest BCUT2D eigenvalue weighted by Crippen LogP contribution is 2.29. The number of anilines is 1. The van der Waals surface area contributed by atoms with Crippen LogP contribution in [0.4, 0.5) is 5.69 Å². The zero-order chi connectivity index (χ0) is 30.4. The SMILES string of the molecule is CCOc1ccc(N(CC(=O)N(Cc2c(Cl)cccc2Cl)C(C)C(=O)NC(C)(C)C)S(=O)(=O)c2ccccc2)cc1. The first-order chi connectivity index (χ1) is 19.2. The second-order valence-corrected chi connectivity index (χ2v) is 13.1. The number of halogens is 2. The van der Waals surface area contributed by atoms with Gasteiger partial charge >= 0.3 is 0 Å². The number of carbonyl (C=O) groups excluding carboxylic acids is 2. The molecule has 3 rings (SSSR count). The first-order valence-corrected chi connectivity index (χ1v) is 15.3. The maximum atomic E-state index is 14.0. The molecular weight excluding hydrogens is 585 g/mol. The van der Waals surface area contributed by atoms with E-state index in [0.717, 1.165) is 4.31 Å². The van der Waals surface area contributed by atoms with E-state index in [2.05, 4.69) is 5.32 Å². The lowest BCUT2D eigenvalue weighted by molar-refractivity contribution is -0.140. The molecular formula is C30H35Cl2N3O5S. The Kier molecular flexibility index (Phi) is 10.7. The number of hydrogen-bond acceptors (Lipinski definition) is 5. The molecule has 0 saturated carbocycles. The summed E-state index contributed by atoms with van der Waals surface area (Å²) in [5.74, 6) is -0.472. The average molecular weight is 621 g/mol. The lowest BCUT2D eigenvalue weighted by Crippen LogP contribution is -2.54. The van der Waals surface area contributed by atoms with E-state index in [0.29, 0.717) is 28.0 Å². The molecule has 1 atom stereocenters. The fourth-order valence-corrected chi connectivity index (χ4v) is 5.99. The van der Waals surface area contributed by atoms with Crippen LogP contribution in [0.1, 0.15) is 40.2 Å². The summed E-state index contributed by atoms with van der Waals surface area (Å²) in [7, 11) is -4.18. The number of nitrogens with one attached hydrogen (secondary N) is 1. The van der Waals surface area contributed by atoms with Crippen LogP contribution >= 0.6 is 23.2 Å². The van der Waals surface area contributed by atoms with E-state index < -0.39 is 40.0 Å². The van der Waals surface area contributed by atoms with Gasteiger partial charge in [-0.05, 0) is 83.1 Å². The maximum absolute atomic E-state index is 14.0. The van der Waals surface area contributed by atoms with E-state index in [9.17, 15) is 18.0 Å². The van der Waals surface area contributed by atoms with E-state index in [1.54, 1.807) is 67.6 Å². The number of hydrogen-bond donors (Lipinski definition) is 1. The Hall–Kier alpha value is -3.27. The van der Waals surface area contributed by atoms with Crippen LogP contribution in [-0.4, -0.2) is 49.9 Å². The van der Waals surface area contributed by atoms with Crippen molar-refractivity contribution in [2.75, 3.05) is 17.5 Å². The van der Waals surface area contributed by atoms with Gasteiger partial charge in [-0.15, -0.1) is 0 Å². The van der Waals surface area contributed by atoms with E-state index in [4.69, 9.17) is 27.9 Å². The lowest BCUT2D eigenvalue weighted by Gasteiger charge is -2.33. The van der Waals surface area contributed by atoms with Crippen LogP contribution in [0.5, 0.6) is 5.75 Å². The Morgan fingerprint density at radius 3 is 2.05 bits per heavy atom. The monoisotopic (exact) mass is 619 g/mol. The van der Waals surface area contributed by atoms with Gasteiger partial charge in [0.2, 0.25) is 11.8 Å². The minimum Gasteiger partial charge on any atom is -0.494 e. The quantitative estimate of drug-likeness (QED) is 0.287. The van der Waals surface area contributed by atoms with E-state index in [1.807, 2.05) is 27.7 Å². The molecule has 1 unspecified atom stereocenters. The Bertz CT molecular complexity index is 1440. The third-order valence-electron chi connectivity index (χ3n) is 6.10. The minimum absolute atomic E-state index is 0.0147. The molecule has 0 saturated heterocycles. The number of nitrogens with zero attached hydrogens (tertiary/aromatic N) is 2. The van der Waals surface area contributed by atoms with E-state index in [-0.39, 0.29) is 17.1 Å². The van der Waals surface area contributed by atoms with Crippen LogP contribution in [0.2, 0.25) is 10.0 Å². The smallest absolute Gasteiger partial charge is 0.264 e. The Morgan fingerprint density at radius 2 is 1.51 bits per heavy atom. The molecule has 0 spiro atoms. The van der Waals surface area contributed by atoms with Crippen LogP contribution in [-0.2, 0) is 26.2 Å². The van der Waals surface area contributed by atoms with Crippen LogP contribution in [0.15, 0.2) is 77.7 Å². The summed E-state index contributed by atoms with van der Waals surface area (Å²) in [6.07, 6.45) is 0. The molecule has 8 nitrogen and oxygen atoms in total. The number of sulfonamides is 1. The predicted molar refractivity (Wildman–Crippen MR) is 163 cm³/mol. The van der Waals surface area contributed by atoms with Gasteiger partial charge in [0.1, 0.15) is 18.3 Å². The van der Waals surface area contributed by atoms with Gasteiger partial charge in [-0.1, -0.05) is 47.5 Å². The molecule has 220 valence electrons. The van der Waals surface area contributed by atoms with Crippen molar-refractivity contribution in [3.63, 3.8) is 0 Å². The van der Waals surface area contributed by atoms with Gasteiger partial charge in [0, 0.05) is 27.7 Å². The van der Waals surface area contributed by atoms with Crippen molar-refractivity contribution in [2.45, 2.75) is 57.6 Å². The summed E-state index contributed by atoms with van der Waals surface area (Å²) in [6, 6.07) is 18.2. The van der Waals surface area contributed by atoms with Gasteiger partial charge in [0.15, 0.2) is 0 Å². The zero-order valence-corrected chi connectivity index (χ0v) is 26.1. The van der Waals surface area contributed by atoms with Crippen LogP contribution in [0, 0.1) is 0 Å². The topological polar surface area (TPSA) is 96.0 Å². The van der Waals surface area contributed by atoms with Gasteiger partial charge in [0.05, 0.1) is 17.2 Å². The van der Waals surface area contributed by atoms with Crippen molar-refractivity contribution in [1.29, 1.82) is 0 Å². The molecule has 0 aliphatic heterocycles. The molecule has 0 fully saturated rings. The van der Waals surface area contributed by atoms with Gasteiger partial charge in [-0.3, -0.25) is 13.9 Å². The third kappa shape index (κ3) is 8.38. The van der Waals surface area contributed by atoms with Gasteiger partial charge < -0.3 is 15.0 Å². The second-order valence-electron chi connectivity index (χ2n) is 10.4. The highest BCUT2D eigenvalue weighted by Gasteiger charge is 2.34. The summed E-state index contributed by atoms with van der Waals surface area (Å²) in [4.78, 5) is 28.6. The molecule has 11 heteroatoms. The average Bonchev–Trinajstić information content (AvgIpc) is 2.91. The highest BCUT2D eigenvalue weighted by atomic mass is 35.5. The Labute approximate surface area is 252 Å². The molecule has 0 heterocycles. The van der Waals surface area contributed by atoms with E-state index in [1.165, 1.54) is 17.0 Å². The van der Waals surface area contributed by atoms with Crippen molar-refractivity contribution < 1.29 is 22.7 Å². The third-order valence-corrected chi connectivity index (χ3v) is 8.60. The lowest BCUT2D eigenvalue weighted by atomic mass is 10.1. The molecule has 0 radical (unpaired) electrons. The molecule has 3 aromatic rings. The first-order valence-electron chi connectivity index (χ1n) is 13.1. The van der Waals surface area contributed by atoms with Gasteiger partial charge in [-0.2, -0.15) is 0 Å². The Morgan fingerprint density at radius 1 is 0.927 bits per heavy atom. The van der Waals surface area contributed by atoms with Gasteiger partial charge in [0.25, 0.3) is 10.0 Å². The number of rotatable bonds is 11. The number of benzene rings is 3. The van der Waals surface area contributed by atoms with Gasteiger partial charge in [-0.25, -0.2) is 8.42 Å². The van der Waals surface area contributed by atoms with Crippen molar-refractivity contribution in [3.05, 3.63) is 88.4 Å². The molecule has 0 bridgehead atoms. The van der Waals surface area contributed by atoms with Crippen LogP contribution in [0.3, 0.4) is 0 Å². The molecule has 3 aromatic carbocycles. The Balaban J connectivity index is 2.07. The molecule has 41 heavy (non-hydrogen) atoms. The fourth-order valence-electron chi connectivity index (χ4n) is 4.03. The van der Waals surface area contributed by atoms with Crippen LogP contribution < -0.4 is 14.4 Å². The molecule has 0 aliphatic rings. The second kappa shape index (κ2) is 13.6. The van der Waals surface area contributed by atoms with Crippen molar-refractivity contribution in [3.8, 4) is 5.75 Å². The standard InChI is InChI=1S/C30H35Cl2N3O5S/c1-6-40-23-17-15-22(16-18-23)35(41(38,39)24-11-8-7-9-12-24)20-28(36)34(21(2)29(37)33-30(3,4)5)19-25-26(31)13-10-14-27(25)32/h7-18,21H,6,19-20H2,1-5H3,(H,33,37). The first kappa shape index (κ1) is 32.2. The maximum Gasteiger partial charge on any atom is 0.264 e. The summed E-state index contributed by atoms with van der Waals surface area (Å²) in [5, 5.41) is 3.52. The number of ether oxygens (including phenoxy) is 1. The number of amides is 2. The van der Waals surface area contributed by atoms with Crippen molar-refractivity contribution in [2.24, 2.45) is 0 Å². The number of carbonyl (C=O) groups is 2. The molecule has 1 N–H and O–H groups in total. The summed E-state index contributed by atoms with van der Waals surface area (Å²) < 4.78 is 34.3. The molecule has 0 aromatic heterocycles. The fraction of sp³-hybridized carbons (Fsp3) is 0.333. The summed E-state index contributed by atoms with van der Waals surface area (Å²) >= 11 is 12.8.